The summed E-state index contributed by atoms with van der Waals surface area (Å²) in [6, 6.07) is 12.5. The fourth-order valence-electron chi connectivity index (χ4n) is 2.80. The molecule has 126 valence electrons. The molecule has 3 N–H and O–H groups in total. The molecule has 1 aliphatic rings. The van der Waals surface area contributed by atoms with Gasteiger partial charge in [0.1, 0.15) is 5.82 Å². The second-order valence-corrected chi connectivity index (χ2v) is 5.64. The lowest BCUT2D eigenvalue weighted by Crippen LogP contribution is -2.36. The van der Waals surface area contributed by atoms with Gasteiger partial charge in [0.25, 0.3) is 5.91 Å². The number of ether oxygens (including phenoxy) is 1. The number of morpholine rings is 1. The molecule has 0 spiro atoms. The summed E-state index contributed by atoms with van der Waals surface area (Å²) in [7, 11) is 0. The first-order chi connectivity index (χ1) is 11.6. The van der Waals surface area contributed by atoms with Crippen molar-refractivity contribution in [3.63, 3.8) is 0 Å². The lowest BCUT2D eigenvalue weighted by molar-refractivity contribution is 0.0996. The van der Waals surface area contributed by atoms with Gasteiger partial charge in [0.2, 0.25) is 0 Å². The predicted molar refractivity (Wildman–Crippen MR) is 91.7 cm³/mol. The van der Waals surface area contributed by atoms with Gasteiger partial charge >= 0.3 is 0 Å². The highest BCUT2D eigenvalue weighted by Crippen LogP contribution is 2.23. The van der Waals surface area contributed by atoms with E-state index < -0.39 is 11.7 Å². The van der Waals surface area contributed by atoms with E-state index in [9.17, 15) is 9.18 Å². The number of primary amides is 1. The average Bonchev–Trinajstić information content (AvgIpc) is 2.61. The zero-order chi connectivity index (χ0) is 16.9. The van der Waals surface area contributed by atoms with Crippen LogP contribution in [0, 0.1) is 5.82 Å². The number of hydrogen-bond acceptors (Lipinski definition) is 4. The molecule has 1 aliphatic heterocycles. The summed E-state index contributed by atoms with van der Waals surface area (Å²) in [5, 5.41) is 3.20. The molecule has 0 atom stereocenters. The van der Waals surface area contributed by atoms with Crippen molar-refractivity contribution in [2.45, 2.75) is 6.54 Å². The first kappa shape index (κ1) is 16.3. The van der Waals surface area contributed by atoms with Gasteiger partial charge in [-0.3, -0.25) is 4.79 Å². The molecule has 1 saturated heterocycles. The highest BCUT2D eigenvalue weighted by molar-refractivity contribution is 5.93. The van der Waals surface area contributed by atoms with E-state index in [1.54, 1.807) is 6.07 Å². The Bertz CT molecular complexity index is 730. The van der Waals surface area contributed by atoms with Crippen LogP contribution in [0.2, 0.25) is 0 Å². The van der Waals surface area contributed by atoms with Crippen LogP contribution in [0.1, 0.15) is 15.9 Å². The average molecular weight is 329 g/mol. The molecule has 0 aliphatic carbocycles. The molecule has 0 unspecified atom stereocenters. The maximum atomic E-state index is 13.8. The molecule has 5 nitrogen and oxygen atoms in total. The summed E-state index contributed by atoms with van der Waals surface area (Å²) in [6.07, 6.45) is 0. The second-order valence-electron chi connectivity index (χ2n) is 5.64. The molecule has 1 fully saturated rings. The van der Waals surface area contributed by atoms with Gasteiger partial charge in [0.15, 0.2) is 0 Å². The fraction of sp³-hybridized carbons (Fsp3) is 0.278. The van der Waals surface area contributed by atoms with Crippen LogP contribution in [-0.2, 0) is 11.3 Å². The molecule has 2 aromatic carbocycles. The van der Waals surface area contributed by atoms with E-state index in [0.29, 0.717) is 12.2 Å². The molecule has 0 radical (unpaired) electrons. The highest BCUT2D eigenvalue weighted by atomic mass is 19.1. The Morgan fingerprint density at radius 2 is 1.96 bits per heavy atom. The van der Waals surface area contributed by atoms with Crippen molar-refractivity contribution in [2.75, 3.05) is 36.5 Å². The summed E-state index contributed by atoms with van der Waals surface area (Å²) in [5.74, 6) is -1.38. The molecule has 3 rings (SSSR count). The van der Waals surface area contributed by atoms with Gasteiger partial charge in [-0.15, -0.1) is 0 Å². The first-order valence-corrected chi connectivity index (χ1v) is 7.89. The molecule has 2 aromatic rings. The fourth-order valence-corrected chi connectivity index (χ4v) is 2.80. The Hall–Kier alpha value is -2.60. The molecule has 24 heavy (non-hydrogen) atoms. The standard InChI is InChI=1S/C18H20FN3O2/c19-16-11-14(5-6-15(16)18(20)23)21-12-13-3-1-2-4-17(13)22-7-9-24-10-8-22/h1-6,11,21H,7-10,12H2,(H2,20,23). The van der Waals surface area contributed by atoms with Crippen LogP contribution in [0.4, 0.5) is 15.8 Å². The zero-order valence-electron chi connectivity index (χ0n) is 13.3. The van der Waals surface area contributed by atoms with E-state index >= 15 is 0 Å². The Morgan fingerprint density at radius 1 is 1.21 bits per heavy atom. The van der Waals surface area contributed by atoms with E-state index in [0.717, 1.165) is 37.6 Å². The minimum atomic E-state index is -0.767. The van der Waals surface area contributed by atoms with Crippen molar-refractivity contribution in [1.29, 1.82) is 0 Å². The van der Waals surface area contributed by atoms with Crippen molar-refractivity contribution >= 4 is 17.3 Å². The predicted octanol–water partition coefficient (Wildman–Crippen LogP) is 2.37. The van der Waals surface area contributed by atoms with Crippen LogP contribution >= 0.6 is 0 Å². The molecular weight excluding hydrogens is 309 g/mol. The van der Waals surface area contributed by atoms with Crippen LogP contribution < -0.4 is 16.0 Å². The highest BCUT2D eigenvalue weighted by Gasteiger charge is 2.14. The maximum Gasteiger partial charge on any atom is 0.251 e. The lowest BCUT2D eigenvalue weighted by atomic mass is 10.1. The number of anilines is 2. The van der Waals surface area contributed by atoms with E-state index in [1.165, 1.54) is 12.1 Å². The van der Waals surface area contributed by atoms with Gasteiger partial charge in [-0.2, -0.15) is 0 Å². The van der Waals surface area contributed by atoms with Gasteiger partial charge < -0.3 is 20.7 Å². The van der Waals surface area contributed by atoms with Crippen LogP contribution in [-0.4, -0.2) is 32.2 Å². The van der Waals surface area contributed by atoms with E-state index in [2.05, 4.69) is 16.3 Å². The number of nitrogens with two attached hydrogens (primary N) is 1. The van der Waals surface area contributed by atoms with Gasteiger partial charge in [-0.1, -0.05) is 18.2 Å². The van der Waals surface area contributed by atoms with Gasteiger partial charge in [0.05, 0.1) is 18.8 Å². The lowest BCUT2D eigenvalue weighted by Gasteiger charge is -2.30. The minimum absolute atomic E-state index is 0.103. The number of hydrogen-bond donors (Lipinski definition) is 2. The largest absolute Gasteiger partial charge is 0.381 e. The van der Waals surface area contributed by atoms with Crippen LogP contribution in [0.5, 0.6) is 0 Å². The second kappa shape index (κ2) is 7.31. The molecule has 0 saturated carbocycles. The number of nitrogens with zero attached hydrogens (tertiary/aromatic N) is 1. The normalized spacial score (nSPS) is 14.5. The summed E-state index contributed by atoms with van der Waals surface area (Å²) in [4.78, 5) is 13.4. The van der Waals surface area contributed by atoms with Crippen LogP contribution in [0.3, 0.4) is 0 Å². The topological polar surface area (TPSA) is 67.6 Å². The Balaban J connectivity index is 1.73. The first-order valence-electron chi connectivity index (χ1n) is 7.89. The minimum Gasteiger partial charge on any atom is -0.381 e. The molecular formula is C18H20FN3O2. The van der Waals surface area contributed by atoms with Crippen LogP contribution in [0.15, 0.2) is 42.5 Å². The summed E-state index contributed by atoms with van der Waals surface area (Å²) in [6.45, 7) is 3.73. The third kappa shape index (κ3) is 3.65. The summed E-state index contributed by atoms with van der Waals surface area (Å²) >= 11 is 0. The van der Waals surface area contributed by atoms with Crippen molar-refractivity contribution in [3.8, 4) is 0 Å². The number of carbonyl (C=O) groups excluding carboxylic acids is 1. The third-order valence-corrected chi connectivity index (χ3v) is 4.06. The van der Waals surface area contributed by atoms with Crippen molar-refractivity contribution in [2.24, 2.45) is 5.73 Å². The van der Waals surface area contributed by atoms with E-state index in [4.69, 9.17) is 10.5 Å². The number of rotatable bonds is 5. The van der Waals surface area contributed by atoms with Crippen LogP contribution in [0.25, 0.3) is 0 Å². The number of halogens is 1. The van der Waals surface area contributed by atoms with Gasteiger partial charge in [0, 0.05) is 31.0 Å². The molecule has 6 heteroatoms. The van der Waals surface area contributed by atoms with Crippen molar-refractivity contribution < 1.29 is 13.9 Å². The number of nitrogens with one attached hydrogen (secondary N) is 1. The number of para-hydroxylation sites is 1. The molecule has 1 amide bonds. The number of amides is 1. The third-order valence-electron chi connectivity index (χ3n) is 4.06. The van der Waals surface area contributed by atoms with Gasteiger partial charge in [-0.25, -0.2) is 4.39 Å². The van der Waals surface area contributed by atoms with E-state index in [1.807, 2.05) is 18.2 Å². The smallest absolute Gasteiger partial charge is 0.251 e. The Kier molecular flexibility index (Phi) is 4.96. The van der Waals surface area contributed by atoms with E-state index in [-0.39, 0.29) is 5.56 Å². The quantitative estimate of drug-likeness (QED) is 0.884. The maximum absolute atomic E-state index is 13.8. The van der Waals surface area contributed by atoms with Crippen molar-refractivity contribution in [1.82, 2.24) is 0 Å². The monoisotopic (exact) mass is 329 g/mol. The summed E-state index contributed by atoms with van der Waals surface area (Å²) < 4.78 is 19.2. The zero-order valence-corrected chi connectivity index (χ0v) is 13.3. The number of carbonyl (C=O) groups is 1. The molecule has 0 aromatic heterocycles. The Morgan fingerprint density at radius 3 is 2.67 bits per heavy atom. The van der Waals surface area contributed by atoms with Crippen molar-refractivity contribution in [3.05, 3.63) is 59.4 Å². The number of benzene rings is 2. The SMILES string of the molecule is NC(=O)c1ccc(NCc2ccccc2N2CCOCC2)cc1F. The van der Waals surface area contributed by atoms with Gasteiger partial charge in [-0.05, 0) is 29.8 Å². The molecule has 1 heterocycles. The summed E-state index contributed by atoms with van der Waals surface area (Å²) in [5.41, 5.74) is 7.90. The molecule has 0 bridgehead atoms. The Labute approximate surface area is 140 Å².